The molecule has 0 aliphatic heterocycles. The molecule has 1 unspecified atom stereocenters. The Balaban J connectivity index is 1.64. The van der Waals surface area contributed by atoms with Crippen molar-refractivity contribution in [3.8, 4) is 0 Å². The largest absolute Gasteiger partial charge is 0.372 e. The van der Waals surface area contributed by atoms with Crippen LogP contribution in [0.1, 0.15) is 28.4 Å². The molecule has 0 saturated heterocycles. The summed E-state index contributed by atoms with van der Waals surface area (Å²) in [5, 5.41) is 7.39. The molecule has 5 aromatic rings. The van der Waals surface area contributed by atoms with Crippen LogP contribution >= 0.6 is 15.9 Å². The van der Waals surface area contributed by atoms with E-state index in [-0.39, 0.29) is 6.10 Å². The van der Waals surface area contributed by atoms with Gasteiger partial charge in [0.15, 0.2) is 0 Å². The van der Waals surface area contributed by atoms with Gasteiger partial charge in [0, 0.05) is 11.6 Å². The van der Waals surface area contributed by atoms with Crippen LogP contribution in [0.25, 0.3) is 37.9 Å². The number of ether oxygens (including phenoxy) is 1. The Kier molecular flexibility index (Phi) is 3.89. The van der Waals surface area contributed by atoms with E-state index in [0.717, 1.165) is 10.0 Å². The molecule has 144 valence electrons. The third-order valence-corrected chi connectivity index (χ3v) is 6.79. The molecule has 0 aromatic heterocycles. The van der Waals surface area contributed by atoms with Gasteiger partial charge in [0.05, 0.1) is 0 Å². The molecule has 0 radical (unpaired) electrons. The van der Waals surface area contributed by atoms with Crippen molar-refractivity contribution < 1.29 is 4.74 Å². The van der Waals surface area contributed by atoms with E-state index in [4.69, 9.17) is 4.74 Å². The molecule has 2 heteroatoms. The Morgan fingerprint density at radius 1 is 0.667 bits per heavy atom. The van der Waals surface area contributed by atoms with Gasteiger partial charge in [-0.25, -0.2) is 0 Å². The highest BCUT2D eigenvalue weighted by molar-refractivity contribution is 9.10. The van der Waals surface area contributed by atoms with Crippen molar-refractivity contribution in [3.63, 3.8) is 0 Å². The predicted molar refractivity (Wildman–Crippen MR) is 130 cm³/mol. The van der Waals surface area contributed by atoms with Crippen molar-refractivity contribution >= 4 is 53.8 Å². The Hall–Kier alpha value is -2.94. The van der Waals surface area contributed by atoms with Crippen molar-refractivity contribution in [2.75, 3.05) is 7.11 Å². The second kappa shape index (κ2) is 6.53. The molecule has 0 heterocycles. The molecule has 0 spiro atoms. The van der Waals surface area contributed by atoms with E-state index in [1.54, 1.807) is 7.11 Å². The number of benzene rings is 5. The fourth-order valence-corrected chi connectivity index (χ4v) is 5.20. The third kappa shape index (κ3) is 2.57. The minimum absolute atomic E-state index is 0.111. The lowest BCUT2D eigenvalue weighted by Gasteiger charge is -2.30. The van der Waals surface area contributed by atoms with Crippen LogP contribution in [-0.2, 0) is 4.74 Å². The van der Waals surface area contributed by atoms with Gasteiger partial charge in [0.2, 0.25) is 0 Å². The normalized spacial score (nSPS) is 15.5. The average molecular weight is 451 g/mol. The Morgan fingerprint density at radius 2 is 1.20 bits per heavy atom. The molecule has 1 nitrogen and oxygen atoms in total. The zero-order valence-corrected chi connectivity index (χ0v) is 18.2. The zero-order valence-electron chi connectivity index (χ0n) is 16.6. The summed E-state index contributed by atoms with van der Waals surface area (Å²) in [5.41, 5.74) is 5.78. The van der Waals surface area contributed by atoms with Gasteiger partial charge in [-0.15, -0.1) is 0 Å². The monoisotopic (exact) mass is 450 g/mol. The number of hydrogen-bond donors (Lipinski definition) is 0. The number of halogens is 1. The Morgan fingerprint density at radius 3 is 1.83 bits per heavy atom. The summed E-state index contributed by atoms with van der Waals surface area (Å²) in [5.74, 6) is 0. The maximum absolute atomic E-state index is 6.06. The maximum atomic E-state index is 6.06. The van der Waals surface area contributed by atoms with Crippen LogP contribution in [0, 0.1) is 0 Å². The molecule has 0 N–H and O–H groups in total. The summed E-state index contributed by atoms with van der Waals surface area (Å²) in [7, 11) is 1.79. The lowest BCUT2D eigenvalue weighted by molar-refractivity contribution is 0.135. The van der Waals surface area contributed by atoms with Gasteiger partial charge >= 0.3 is 0 Å². The van der Waals surface area contributed by atoms with Crippen LogP contribution in [-0.4, -0.2) is 7.11 Å². The number of fused-ring (bicyclic) bond motifs is 5. The van der Waals surface area contributed by atoms with E-state index in [0.29, 0.717) is 0 Å². The first-order valence-electron chi connectivity index (χ1n) is 10.0. The van der Waals surface area contributed by atoms with Gasteiger partial charge < -0.3 is 4.74 Å². The fourth-order valence-electron chi connectivity index (χ4n) is 4.82. The summed E-state index contributed by atoms with van der Waals surface area (Å²) in [6.07, 6.45) is -0.111. The van der Waals surface area contributed by atoms with E-state index in [9.17, 15) is 0 Å². The predicted octanol–water partition coefficient (Wildman–Crippen LogP) is 8.02. The molecule has 0 amide bonds. The number of methoxy groups -OCH3 is 1. The third-order valence-electron chi connectivity index (χ3n) is 6.29. The summed E-state index contributed by atoms with van der Waals surface area (Å²) in [6, 6.07) is 28.5. The lowest BCUT2D eigenvalue weighted by atomic mass is 9.78. The first kappa shape index (κ1) is 17.9. The van der Waals surface area contributed by atoms with Gasteiger partial charge in [0.25, 0.3) is 0 Å². The molecule has 30 heavy (non-hydrogen) atoms. The van der Waals surface area contributed by atoms with Crippen LogP contribution in [0.4, 0.5) is 0 Å². The molecule has 1 aliphatic rings. The van der Waals surface area contributed by atoms with Crippen LogP contribution in [0.5, 0.6) is 0 Å². The maximum Gasteiger partial charge on any atom is 0.108 e. The molecule has 5 aromatic carbocycles. The molecule has 1 atom stereocenters. The minimum atomic E-state index is -0.111. The highest BCUT2D eigenvalue weighted by atomic mass is 79.9. The topological polar surface area (TPSA) is 9.23 Å². The standard InChI is InChI=1S/C28H19BrO/c1-16-24-12-19-7-8-23(29)11-22(19)15-27(24)28(30-2)26-14-21-10-18-6-4-3-5-17(18)9-20(21)13-25(16)26/h3-15,28H,1H2,2H3. The molecule has 1 aliphatic carbocycles. The van der Waals surface area contributed by atoms with Gasteiger partial charge in [-0.3, -0.25) is 0 Å². The van der Waals surface area contributed by atoms with Gasteiger partial charge in [0.1, 0.15) is 6.10 Å². The van der Waals surface area contributed by atoms with Crippen molar-refractivity contribution in [2.45, 2.75) is 6.10 Å². The van der Waals surface area contributed by atoms with Crippen LogP contribution in [0.2, 0.25) is 0 Å². The SMILES string of the molecule is C=C1c2cc3ccc(Br)cc3cc2C(OC)c2cc3cc4ccccc4cc3cc21. The lowest BCUT2D eigenvalue weighted by Crippen LogP contribution is -2.14. The second-order valence-electron chi connectivity index (χ2n) is 8.01. The summed E-state index contributed by atoms with van der Waals surface area (Å²) in [6.45, 7) is 4.49. The first-order valence-corrected chi connectivity index (χ1v) is 10.8. The smallest absolute Gasteiger partial charge is 0.108 e. The zero-order chi connectivity index (χ0) is 20.4. The van der Waals surface area contributed by atoms with Crippen LogP contribution < -0.4 is 0 Å². The molecule has 0 saturated carbocycles. The fraction of sp³-hybridized carbons (Fsp3) is 0.0714. The number of rotatable bonds is 1. The van der Waals surface area contributed by atoms with E-state index in [1.165, 1.54) is 54.6 Å². The number of hydrogen-bond acceptors (Lipinski definition) is 1. The van der Waals surface area contributed by atoms with Gasteiger partial charge in [-0.2, -0.15) is 0 Å². The van der Waals surface area contributed by atoms with E-state index < -0.39 is 0 Å². The summed E-state index contributed by atoms with van der Waals surface area (Å²) < 4.78 is 7.14. The molecular formula is C28H19BrO. The van der Waals surface area contributed by atoms with Crippen molar-refractivity contribution in [1.29, 1.82) is 0 Å². The first-order chi connectivity index (χ1) is 14.6. The van der Waals surface area contributed by atoms with E-state index >= 15 is 0 Å². The average Bonchev–Trinajstić information content (AvgIpc) is 2.76. The van der Waals surface area contributed by atoms with Crippen molar-refractivity contribution in [2.24, 2.45) is 0 Å². The Bertz CT molecular complexity index is 1510. The van der Waals surface area contributed by atoms with Gasteiger partial charge in [-0.1, -0.05) is 52.8 Å². The van der Waals surface area contributed by atoms with E-state index in [2.05, 4.69) is 101 Å². The van der Waals surface area contributed by atoms with Crippen LogP contribution in [0.15, 0.2) is 89.9 Å². The molecule has 0 bridgehead atoms. The quantitative estimate of drug-likeness (QED) is 0.235. The van der Waals surface area contributed by atoms with Gasteiger partial charge in [-0.05, 0) is 109 Å². The molecule has 6 rings (SSSR count). The van der Waals surface area contributed by atoms with Crippen molar-refractivity contribution in [1.82, 2.24) is 0 Å². The second-order valence-corrected chi connectivity index (χ2v) is 8.93. The minimum Gasteiger partial charge on any atom is -0.372 e. The highest BCUT2D eigenvalue weighted by Gasteiger charge is 2.29. The van der Waals surface area contributed by atoms with Crippen molar-refractivity contribution in [3.05, 3.63) is 112 Å². The summed E-state index contributed by atoms with van der Waals surface area (Å²) >= 11 is 3.60. The summed E-state index contributed by atoms with van der Waals surface area (Å²) in [4.78, 5) is 0. The van der Waals surface area contributed by atoms with Crippen LogP contribution in [0.3, 0.4) is 0 Å². The molecule has 0 fully saturated rings. The molecular weight excluding hydrogens is 432 g/mol. The Labute approximate surface area is 183 Å². The van der Waals surface area contributed by atoms with E-state index in [1.807, 2.05) is 0 Å². The highest BCUT2D eigenvalue weighted by Crippen LogP contribution is 2.45.